The number of nitrogens with zero attached hydrogens (tertiary/aromatic N) is 2. The lowest BCUT2D eigenvalue weighted by Gasteiger charge is -2.26. The van der Waals surface area contributed by atoms with Gasteiger partial charge in [-0.05, 0) is 31.3 Å². The van der Waals surface area contributed by atoms with Gasteiger partial charge in [-0.15, -0.1) is 0 Å². The molecule has 3 N–H and O–H groups in total. The van der Waals surface area contributed by atoms with Gasteiger partial charge in [-0.25, -0.2) is 4.98 Å². The second-order valence-corrected chi connectivity index (χ2v) is 6.11. The first-order valence-electron chi connectivity index (χ1n) is 5.07. The molecule has 1 unspecified atom stereocenters. The number of thioether (sulfide) groups is 1. The molecule has 7 heteroatoms. The minimum absolute atomic E-state index is 0.309. The number of amides is 1. The monoisotopic (exact) mass is 258 g/mol. The van der Waals surface area contributed by atoms with E-state index in [1.807, 2.05) is 6.92 Å². The number of aromatic nitrogens is 2. The van der Waals surface area contributed by atoms with Gasteiger partial charge in [0.05, 0.1) is 0 Å². The van der Waals surface area contributed by atoms with Crippen LogP contribution in [-0.2, 0) is 4.79 Å². The van der Waals surface area contributed by atoms with Crippen LogP contribution in [0.3, 0.4) is 0 Å². The molecule has 1 aromatic rings. The van der Waals surface area contributed by atoms with Gasteiger partial charge in [0.2, 0.25) is 5.91 Å². The van der Waals surface area contributed by atoms with Gasteiger partial charge in [0.25, 0.3) is 0 Å². The van der Waals surface area contributed by atoms with Crippen molar-refractivity contribution >= 4 is 29.2 Å². The number of carbonyl (C=O) groups is 1. The minimum atomic E-state index is -0.655. The van der Waals surface area contributed by atoms with Gasteiger partial charge in [0, 0.05) is 11.8 Å². The molecule has 0 saturated heterocycles. The van der Waals surface area contributed by atoms with Crippen molar-refractivity contribution < 1.29 is 4.79 Å². The summed E-state index contributed by atoms with van der Waals surface area (Å²) >= 11 is 2.85. The van der Waals surface area contributed by atoms with Gasteiger partial charge < -0.3 is 11.1 Å². The SMILES string of the molecule is CC(CSc1ncns1)(NC1CC1)C(N)=O. The quantitative estimate of drug-likeness (QED) is 0.731. The number of hydrogen-bond donors (Lipinski definition) is 2. The zero-order valence-electron chi connectivity index (χ0n) is 8.97. The van der Waals surface area contributed by atoms with Gasteiger partial charge in [0.15, 0.2) is 4.34 Å². The fraction of sp³-hybridized carbons (Fsp3) is 0.667. The maximum Gasteiger partial charge on any atom is 0.238 e. The maximum atomic E-state index is 11.5. The third-order valence-electron chi connectivity index (χ3n) is 2.47. The molecule has 2 rings (SSSR count). The van der Waals surface area contributed by atoms with E-state index < -0.39 is 5.54 Å². The molecule has 1 fully saturated rings. The highest BCUT2D eigenvalue weighted by Crippen LogP contribution is 2.27. The van der Waals surface area contributed by atoms with E-state index in [4.69, 9.17) is 5.73 Å². The second kappa shape index (κ2) is 4.68. The van der Waals surface area contributed by atoms with Crippen LogP contribution in [0.5, 0.6) is 0 Å². The summed E-state index contributed by atoms with van der Waals surface area (Å²) in [5.41, 5.74) is 4.78. The molecular formula is C9H14N4OS2. The molecule has 1 aliphatic rings. The summed E-state index contributed by atoms with van der Waals surface area (Å²) in [6, 6.07) is 0.451. The van der Waals surface area contributed by atoms with Crippen molar-refractivity contribution in [3.8, 4) is 0 Å². The van der Waals surface area contributed by atoms with E-state index in [-0.39, 0.29) is 5.91 Å². The number of hydrogen-bond acceptors (Lipinski definition) is 6. The Bertz CT molecular complexity index is 366. The summed E-state index contributed by atoms with van der Waals surface area (Å²) in [5, 5.41) is 3.29. The molecule has 88 valence electrons. The Kier molecular flexibility index (Phi) is 3.46. The normalized spacial score (nSPS) is 19.3. The summed E-state index contributed by atoms with van der Waals surface area (Å²) in [5.74, 6) is 0.282. The van der Waals surface area contributed by atoms with Crippen LogP contribution in [0.2, 0.25) is 0 Å². The molecule has 0 aliphatic heterocycles. The molecule has 1 aliphatic carbocycles. The highest BCUT2D eigenvalue weighted by molar-refractivity contribution is 8.01. The summed E-state index contributed by atoms with van der Waals surface area (Å²) in [6.45, 7) is 1.85. The first-order valence-corrected chi connectivity index (χ1v) is 6.83. The topological polar surface area (TPSA) is 80.9 Å². The lowest BCUT2D eigenvalue weighted by molar-refractivity contribution is -0.123. The average Bonchev–Trinajstić information content (AvgIpc) is 2.89. The van der Waals surface area contributed by atoms with E-state index in [2.05, 4.69) is 14.7 Å². The molecule has 0 spiro atoms. The second-order valence-electron chi connectivity index (χ2n) is 4.11. The van der Waals surface area contributed by atoms with Crippen molar-refractivity contribution in [1.82, 2.24) is 14.7 Å². The van der Waals surface area contributed by atoms with E-state index in [0.29, 0.717) is 11.8 Å². The first kappa shape index (κ1) is 11.8. The highest BCUT2D eigenvalue weighted by Gasteiger charge is 2.37. The van der Waals surface area contributed by atoms with Crippen molar-refractivity contribution in [3.63, 3.8) is 0 Å². The largest absolute Gasteiger partial charge is 0.368 e. The van der Waals surface area contributed by atoms with Crippen LogP contribution in [-0.4, -0.2) is 32.6 Å². The number of nitrogens with one attached hydrogen (secondary N) is 1. The third-order valence-corrected chi connectivity index (χ3v) is 4.58. The Morgan fingerprint density at radius 3 is 3.06 bits per heavy atom. The number of nitrogens with two attached hydrogens (primary N) is 1. The number of primary amides is 1. The van der Waals surface area contributed by atoms with Crippen molar-refractivity contribution in [3.05, 3.63) is 6.33 Å². The maximum absolute atomic E-state index is 11.5. The van der Waals surface area contributed by atoms with E-state index in [1.54, 1.807) is 0 Å². The van der Waals surface area contributed by atoms with Crippen molar-refractivity contribution in [1.29, 1.82) is 0 Å². The molecule has 1 atom stereocenters. The van der Waals surface area contributed by atoms with Crippen LogP contribution in [0, 0.1) is 0 Å². The van der Waals surface area contributed by atoms with Crippen LogP contribution < -0.4 is 11.1 Å². The van der Waals surface area contributed by atoms with Gasteiger partial charge >= 0.3 is 0 Å². The van der Waals surface area contributed by atoms with Gasteiger partial charge in [-0.3, -0.25) is 4.79 Å². The van der Waals surface area contributed by atoms with Crippen LogP contribution >= 0.6 is 23.3 Å². The summed E-state index contributed by atoms with van der Waals surface area (Å²) < 4.78 is 4.78. The molecular weight excluding hydrogens is 244 g/mol. The Morgan fingerprint density at radius 2 is 2.56 bits per heavy atom. The zero-order valence-corrected chi connectivity index (χ0v) is 10.6. The lowest BCUT2D eigenvalue weighted by atomic mass is 10.1. The molecule has 16 heavy (non-hydrogen) atoms. The van der Waals surface area contributed by atoms with E-state index >= 15 is 0 Å². The summed E-state index contributed by atoms with van der Waals surface area (Å²) in [7, 11) is 0. The molecule has 0 aromatic carbocycles. The molecule has 5 nitrogen and oxygen atoms in total. The fourth-order valence-corrected chi connectivity index (χ4v) is 2.85. The summed E-state index contributed by atoms with van der Waals surface area (Å²) in [4.78, 5) is 15.5. The molecule has 1 heterocycles. The standard InChI is InChI=1S/C9H14N4OS2/c1-9(7(10)14,13-6-2-3-6)4-15-8-11-5-12-16-8/h5-6,13H,2-4H2,1H3,(H2,10,14). The van der Waals surface area contributed by atoms with Gasteiger partial charge in [-0.2, -0.15) is 4.37 Å². The Labute approximate surface area is 102 Å². The predicted molar refractivity (Wildman–Crippen MR) is 64.4 cm³/mol. The number of rotatable bonds is 6. The molecule has 0 bridgehead atoms. The number of carbonyl (C=O) groups excluding carboxylic acids is 1. The average molecular weight is 258 g/mol. The fourth-order valence-electron chi connectivity index (χ4n) is 1.29. The van der Waals surface area contributed by atoms with Crippen LogP contribution in [0.15, 0.2) is 10.7 Å². The highest BCUT2D eigenvalue weighted by atomic mass is 32.2. The van der Waals surface area contributed by atoms with Crippen molar-refractivity contribution in [2.45, 2.75) is 35.7 Å². The molecule has 0 radical (unpaired) electrons. The summed E-state index contributed by atoms with van der Waals surface area (Å²) in [6.07, 6.45) is 3.78. The van der Waals surface area contributed by atoms with Gasteiger partial charge in [-0.1, -0.05) is 11.8 Å². The van der Waals surface area contributed by atoms with Gasteiger partial charge in [0.1, 0.15) is 11.9 Å². The zero-order chi connectivity index (χ0) is 11.6. The third kappa shape index (κ3) is 2.93. The smallest absolute Gasteiger partial charge is 0.238 e. The lowest BCUT2D eigenvalue weighted by Crippen LogP contribution is -2.55. The Morgan fingerprint density at radius 1 is 1.81 bits per heavy atom. The first-order chi connectivity index (χ1) is 7.60. The molecule has 1 saturated carbocycles. The minimum Gasteiger partial charge on any atom is -0.368 e. The van der Waals surface area contributed by atoms with Crippen LogP contribution in [0.4, 0.5) is 0 Å². The van der Waals surface area contributed by atoms with E-state index in [1.165, 1.54) is 29.6 Å². The van der Waals surface area contributed by atoms with E-state index in [0.717, 1.165) is 17.2 Å². The van der Waals surface area contributed by atoms with Crippen LogP contribution in [0.25, 0.3) is 0 Å². The van der Waals surface area contributed by atoms with E-state index in [9.17, 15) is 4.79 Å². The predicted octanol–water partition coefficient (Wildman–Crippen LogP) is 0.626. The Hall–Kier alpha value is -0.660. The van der Waals surface area contributed by atoms with Crippen molar-refractivity contribution in [2.75, 3.05) is 5.75 Å². The van der Waals surface area contributed by atoms with Crippen molar-refractivity contribution in [2.24, 2.45) is 5.73 Å². The Balaban J connectivity index is 1.93. The molecule has 1 amide bonds. The van der Waals surface area contributed by atoms with Crippen LogP contribution in [0.1, 0.15) is 19.8 Å². The molecule has 1 aromatic heterocycles.